The minimum absolute atomic E-state index is 0. The molecule has 14 heavy (non-hydrogen) atoms. The zero-order chi connectivity index (χ0) is 9.84. The summed E-state index contributed by atoms with van der Waals surface area (Å²) in [6.45, 7) is -0.585. The van der Waals surface area contributed by atoms with Crippen LogP contribution in [0.15, 0.2) is 22.7 Å². The number of hydrogen-bond donors (Lipinski definition) is 1. The van der Waals surface area contributed by atoms with Gasteiger partial charge in [-0.1, -0.05) is 22.0 Å². The summed E-state index contributed by atoms with van der Waals surface area (Å²) in [6, 6.07) is 4.73. The monoisotopic (exact) mass is 283 g/mol. The van der Waals surface area contributed by atoms with Gasteiger partial charge in [0.05, 0.1) is 13.2 Å². The fraction of sp³-hybridized carbons (Fsp3) is 0.333. The van der Waals surface area contributed by atoms with Crippen molar-refractivity contribution in [2.24, 2.45) is 5.73 Å². The van der Waals surface area contributed by atoms with E-state index in [1.165, 1.54) is 7.11 Å². The molecule has 0 amide bonds. The Balaban J connectivity index is 0.00000169. The van der Waals surface area contributed by atoms with Gasteiger partial charge in [0.2, 0.25) is 0 Å². The summed E-state index contributed by atoms with van der Waals surface area (Å²) >= 11 is 3.29. The van der Waals surface area contributed by atoms with Gasteiger partial charge in [-0.15, -0.1) is 12.4 Å². The van der Waals surface area contributed by atoms with Crippen molar-refractivity contribution in [1.82, 2.24) is 0 Å². The number of alkyl halides is 1. The molecule has 1 atom stereocenters. The molecule has 0 bridgehead atoms. The molecule has 0 radical (unpaired) electrons. The maximum absolute atomic E-state index is 12.3. The summed E-state index contributed by atoms with van der Waals surface area (Å²) in [5.74, 6) is 0.611. The molecule has 1 aromatic carbocycles. The Morgan fingerprint density at radius 1 is 1.57 bits per heavy atom. The van der Waals surface area contributed by atoms with Gasteiger partial charge in [0, 0.05) is 10.0 Å². The standard InChI is InChI=1S/C9H11BrFNO.ClH/c1-13-9-4-6(10)2-3-7(9)8(12)5-11;/h2-4,8H,5,12H2,1H3;1H/t8-;/m0./s1. The molecule has 0 fully saturated rings. The van der Waals surface area contributed by atoms with Crippen LogP contribution in [-0.2, 0) is 0 Å². The van der Waals surface area contributed by atoms with Crippen LogP contribution in [0.25, 0.3) is 0 Å². The van der Waals surface area contributed by atoms with Crippen molar-refractivity contribution in [3.63, 3.8) is 0 Å². The zero-order valence-electron chi connectivity index (χ0n) is 7.67. The summed E-state index contributed by atoms with van der Waals surface area (Å²) in [5, 5.41) is 0. The number of hydrogen-bond acceptors (Lipinski definition) is 2. The predicted octanol–water partition coefficient (Wildman–Crippen LogP) is 2.85. The Morgan fingerprint density at radius 3 is 2.71 bits per heavy atom. The SMILES string of the molecule is COc1cc(Br)ccc1[C@@H](N)CF.Cl. The highest BCUT2D eigenvalue weighted by atomic mass is 79.9. The topological polar surface area (TPSA) is 35.2 Å². The van der Waals surface area contributed by atoms with Gasteiger partial charge in [0.25, 0.3) is 0 Å². The summed E-state index contributed by atoms with van der Waals surface area (Å²) in [6.07, 6.45) is 0. The molecule has 0 aliphatic carbocycles. The van der Waals surface area contributed by atoms with E-state index in [1.807, 2.05) is 6.07 Å². The number of halogens is 3. The van der Waals surface area contributed by atoms with Crippen LogP contribution in [0.1, 0.15) is 11.6 Å². The van der Waals surface area contributed by atoms with Crippen LogP contribution in [0.4, 0.5) is 4.39 Å². The fourth-order valence-corrected chi connectivity index (χ4v) is 1.41. The van der Waals surface area contributed by atoms with Crippen LogP contribution < -0.4 is 10.5 Å². The smallest absolute Gasteiger partial charge is 0.124 e. The molecule has 2 nitrogen and oxygen atoms in total. The molecule has 1 rings (SSSR count). The molecule has 5 heteroatoms. The zero-order valence-corrected chi connectivity index (χ0v) is 10.1. The highest BCUT2D eigenvalue weighted by molar-refractivity contribution is 9.10. The molecule has 0 aliphatic rings. The quantitative estimate of drug-likeness (QED) is 0.926. The van der Waals surface area contributed by atoms with Crippen molar-refractivity contribution in [3.05, 3.63) is 28.2 Å². The van der Waals surface area contributed by atoms with Crippen molar-refractivity contribution < 1.29 is 9.13 Å². The van der Waals surface area contributed by atoms with E-state index >= 15 is 0 Å². The molecular formula is C9H12BrClFNO. The van der Waals surface area contributed by atoms with E-state index in [1.54, 1.807) is 12.1 Å². The first kappa shape index (κ1) is 13.7. The van der Waals surface area contributed by atoms with Gasteiger partial charge >= 0.3 is 0 Å². The lowest BCUT2D eigenvalue weighted by Gasteiger charge is -2.12. The molecule has 0 saturated carbocycles. The van der Waals surface area contributed by atoms with E-state index in [4.69, 9.17) is 10.5 Å². The summed E-state index contributed by atoms with van der Waals surface area (Å²) in [5.41, 5.74) is 6.24. The Bertz CT molecular complexity index is 298. The van der Waals surface area contributed by atoms with E-state index in [9.17, 15) is 4.39 Å². The van der Waals surface area contributed by atoms with E-state index in [0.717, 1.165) is 4.47 Å². The third-order valence-corrected chi connectivity index (χ3v) is 2.25. The number of benzene rings is 1. The summed E-state index contributed by atoms with van der Waals surface area (Å²) in [7, 11) is 1.54. The van der Waals surface area contributed by atoms with Crippen LogP contribution in [0.5, 0.6) is 5.75 Å². The van der Waals surface area contributed by atoms with Gasteiger partial charge in [0.1, 0.15) is 12.4 Å². The lowest BCUT2D eigenvalue weighted by atomic mass is 10.1. The van der Waals surface area contributed by atoms with Crippen LogP contribution in [0, 0.1) is 0 Å². The van der Waals surface area contributed by atoms with E-state index in [2.05, 4.69) is 15.9 Å². The largest absolute Gasteiger partial charge is 0.496 e. The average molecular weight is 285 g/mol. The van der Waals surface area contributed by atoms with Gasteiger partial charge in [-0.05, 0) is 12.1 Å². The second kappa shape index (κ2) is 6.22. The fourth-order valence-electron chi connectivity index (χ4n) is 1.07. The first-order valence-electron chi connectivity index (χ1n) is 3.84. The van der Waals surface area contributed by atoms with Crippen LogP contribution in [-0.4, -0.2) is 13.8 Å². The van der Waals surface area contributed by atoms with Crippen molar-refractivity contribution >= 4 is 28.3 Å². The Hall–Kier alpha value is -0.320. The molecule has 0 unspecified atom stereocenters. The van der Waals surface area contributed by atoms with Gasteiger partial charge in [-0.3, -0.25) is 0 Å². The number of nitrogens with two attached hydrogens (primary N) is 1. The van der Waals surface area contributed by atoms with Crippen molar-refractivity contribution in [2.75, 3.05) is 13.8 Å². The van der Waals surface area contributed by atoms with Crippen molar-refractivity contribution in [2.45, 2.75) is 6.04 Å². The molecule has 0 aromatic heterocycles. The highest BCUT2D eigenvalue weighted by Crippen LogP contribution is 2.27. The number of methoxy groups -OCH3 is 1. The summed E-state index contributed by atoms with van der Waals surface area (Å²) in [4.78, 5) is 0. The van der Waals surface area contributed by atoms with Crippen LogP contribution >= 0.6 is 28.3 Å². The van der Waals surface area contributed by atoms with Crippen LogP contribution in [0.2, 0.25) is 0 Å². The van der Waals surface area contributed by atoms with Gasteiger partial charge in [-0.25, -0.2) is 4.39 Å². The van der Waals surface area contributed by atoms with Gasteiger partial charge in [0.15, 0.2) is 0 Å². The molecule has 80 valence electrons. The lowest BCUT2D eigenvalue weighted by molar-refractivity contribution is 0.389. The van der Waals surface area contributed by atoms with Crippen molar-refractivity contribution in [1.29, 1.82) is 0 Å². The predicted molar refractivity (Wildman–Crippen MR) is 60.8 cm³/mol. The third kappa shape index (κ3) is 3.12. The molecule has 0 saturated heterocycles. The Labute approximate surface area is 97.2 Å². The van der Waals surface area contributed by atoms with E-state index in [0.29, 0.717) is 11.3 Å². The van der Waals surface area contributed by atoms with Crippen molar-refractivity contribution in [3.8, 4) is 5.75 Å². The third-order valence-electron chi connectivity index (χ3n) is 1.76. The average Bonchev–Trinajstić information content (AvgIpc) is 2.16. The molecule has 0 aliphatic heterocycles. The lowest BCUT2D eigenvalue weighted by Crippen LogP contribution is -2.13. The minimum atomic E-state index is -0.608. The molecule has 0 heterocycles. The minimum Gasteiger partial charge on any atom is -0.496 e. The second-order valence-electron chi connectivity index (χ2n) is 2.65. The second-order valence-corrected chi connectivity index (χ2v) is 3.56. The van der Waals surface area contributed by atoms with Gasteiger partial charge < -0.3 is 10.5 Å². The maximum atomic E-state index is 12.3. The summed E-state index contributed by atoms with van der Waals surface area (Å²) < 4.78 is 18.3. The first-order valence-corrected chi connectivity index (χ1v) is 4.63. The van der Waals surface area contributed by atoms with Crippen LogP contribution in [0.3, 0.4) is 0 Å². The number of ether oxygens (including phenoxy) is 1. The Morgan fingerprint density at radius 2 is 2.21 bits per heavy atom. The van der Waals surface area contributed by atoms with Gasteiger partial charge in [-0.2, -0.15) is 0 Å². The first-order chi connectivity index (χ1) is 6.19. The van der Waals surface area contributed by atoms with E-state index in [-0.39, 0.29) is 12.4 Å². The Kier molecular flexibility index (Phi) is 6.08. The maximum Gasteiger partial charge on any atom is 0.124 e. The molecule has 0 spiro atoms. The molecule has 2 N–H and O–H groups in total. The van der Waals surface area contributed by atoms with E-state index < -0.39 is 12.7 Å². The number of rotatable bonds is 3. The molecular weight excluding hydrogens is 272 g/mol. The highest BCUT2D eigenvalue weighted by Gasteiger charge is 2.11. The molecule has 1 aromatic rings. The normalized spacial score (nSPS) is 11.7.